The molecule has 102 valence electrons. The predicted molar refractivity (Wildman–Crippen MR) is 78.6 cm³/mol. The van der Waals surface area contributed by atoms with Crippen LogP contribution >= 0.6 is 0 Å². The quantitative estimate of drug-likeness (QED) is 0.767. The van der Waals surface area contributed by atoms with E-state index < -0.39 is 0 Å². The van der Waals surface area contributed by atoms with Crippen molar-refractivity contribution >= 4 is 12.0 Å². The lowest BCUT2D eigenvalue weighted by molar-refractivity contribution is -0.139. The molecule has 0 aliphatic rings. The lowest BCUT2D eigenvalue weighted by Crippen LogP contribution is -1.96. The monoisotopic (exact) mass is 268 g/mol. The summed E-state index contributed by atoms with van der Waals surface area (Å²) < 4.78 is 10.3. The lowest BCUT2D eigenvalue weighted by Gasteiger charge is -2.05. The third-order valence-corrected chi connectivity index (χ3v) is 2.68. The topological polar surface area (TPSA) is 35.5 Å². The molecule has 3 heteroatoms. The number of hydrogen-bond donors (Lipinski definition) is 0. The zero-order chi connectivity index (χ0) is 14.2. The van der Waals surface area contributed by atoms with Gasteiger partial charge in [-0.25, -0.2) is 0 Å². The molecule has 0 aliphatic heterocycles. The molecule has 0 spiro atoms. The molecule has 0 saturated heterocycles. The van der Waals surface area contributed by atoms with Crippen LogP contribution in [-0.4, -0.2) is 13.1 Å². The van der Waals surface area contributed by atoms with Crippen LogP contribution in [0, 0.1) is 0 Å². The Bertz CT molecular complexity index is 571. The highest BCUT2D eigenvalue weighted by atomic mass is 16.5. The number of para-hydroxylation sites is 1. The van der Waals surface area contributed by atoms with Gasteiger partial charge in [0, 0.05) is 0 Å². The summed E-state index contributed by atoms with van der Waals surface area (Å²) in [5.41, 5.74) is 1.01. The van der Waals surface area contributed by atoms with E-state index in [0.29, 0.717) is 0 Å². The normalized spacial score (nSPS) is 10.4. The van der Waals surface area contributed by atoms with Crippen LogP contribution in [0.3, 0.4) is 0 Å². The van der Waals surface area contributed by atoms with Gasteiger partial charge in [0.2, 0.25) is 0 Å². The zero-order valence-corrected chi connectivity index (χ0v) is 11.3. The molecular formula is C17H16O3. The lowest BCUT2D eigenvalue weighted by atomic mass is 10.2. The van der Waals surface area contributed by atoms with Crippen molar-refractivity contribution < 1.29 is 14.3 Å². The number of rotatable bonds is 5. The SMILES string of the molecule is COC(=O)CC=Cc1ccc(Oc2ccccc2)cc1. The maximum atomic E-state index is 11.0. The maximum absolute atomic E-state index is 11.0. The zero-order valence-electron chi connectivity index (χ0n) is 11.3. The van der Waals surface area contributed by atoms with Crippen LogP contribution in [-0.2, 0) is 9.53 Å². The second kappa shape index (κ2) is 7.14. The van der Waals surface area contributed by atoms with E-state index in [0.717, 1.165) is 17.1 Å². The van der Waals surface area contributed by atoms with Crippen molar-refractivity contribution in [1.29, 1.82) is 0 Å². The molecular weight excluding hydrogens is 252 g/mol. The Balaban J connectivity index is 1.94. The van der Waals surface area contributed by atoms with E-state index >= 15 is 0 Å². The van der Waals surface area contributed by atoms with Crippen molar-refractivity contribution in [2.24, 2.45) is 0 Å². The van der Waals surface area contributed by atoms with Gasteiger partial charge in [0.1, 0.15) is 11.5 Å². The molecule has 0 aliphatic carbocycles. The molecule has 3 nitrogen and oxygen atoms in total. The molecule has 0 amide bonds. The average Bonchev–Trinajstić information content (AvgIpc) is 2.50. The van der Waals surface area contributed by atoms with Crippen LogP contribution < -0.4 is 4.74 Å². The molecule has 0 heterocycles. The van der Waals surface area contributed by atoms with Gasteiger partial charge in [0.15, 0.2) is 0 Å². The first-order valence-electron chi connectivity index (χ1n) is 6.34. The van der Waals surface area contributed by atoms with E-state index in [9.17, 15) is 4.79 Å². The van der Waals surface area contributed by atoms with Crippen molar-refractivity contribution in [1.82, 2.24) is 0 Å². The summed E-state index contributed by atoms with van der Waals surface area (Å²) in [5, 5.41) is 0. The third-order valence-electron chi connectivity index (χ3n) is 2.68. The standard InChI is InChI=1S/C17H16O3/c1-19-17(18)9-5-6-14-10-12-16(13-11-14)20-15-7-3-2-4-8-15/h2-8,10-13H,9H2,1H3. The second-order valence-corrected chi connectivity index (χ2v) is 4.17. The predicted octanol–water partition coefficient (Wildman–Crippen LogP) is 4.06. The van der Waals surface area contributed by atoms with Crippen LogP contribution in [0.2, 0.25) is 0 Å². The Morgan fingerprint density at radius 1 is 1.00 bits per heavy atom. The van der Waals surface area contributed by atoms with Gasteiger partial charge in [-0.2, -0.15) is 0 Å². The molecule has 0 saturated carbocycles. The number of hydrogen-bond acceptors (Lipinski definition) is 3. The van der Waals surface area contributed by atoms with Crippen LogP contribution in [0.25, 0.3) is 6.08 Å². The molecule has 0 aromatic heterocycles. The van der Waals surface area contributed by atoms with Crippen molar-refractivity contribution in [2.45, 2.75) is 6.42 Å². The fourth-order valence-corrected chi connectivity index (χ4v) is 1.65. The first-order valence-corrected chi connectivity index (χ1v) is 6.34. The summed E-state index contributed by atoms with van der Waals surface area (Å²) >= 11 is 0. The number of methoxy groups -OCH3 is 1. The number of carbonyl (C=O) groups excluding carboxylic acids is 1. The Labute approximate surface area is 118 Å². The summed E-state index contributed by atoms with van der Waals surface area (Å²) in [5.74, 6) is 1.34. The minimum absolute atomic E-state index is 0.245. The fraction of sp³-hybridized carbons (Fsp3) is 0.118. The van der Waals surface area contributed by atoms with E-state index in [1.807, 2.05) is 60.7 Å². The number of esters is 1. The van der Waals surface area contributed by atoms with Gasteiger partial charge in [-0.05, 0) is 29.8 Å². The molecule has 20 heavy (non-hydrogen) atoms. The van der Waals surface area contributed by atoms with Gasteiger partial charge in [0.05, 0.1) is 13.5 Å². The van der Waals surface area contributed by atoms with Gasteiger partial charge < -0.3 is 9.47 Å². The molecule has 0 atom stereocenters. The molecule has 0 bridgehead atoms. The largest absolute Gasteiger partial charge is 0.469 e. The average molecular weight is 268 g/mol. The molecule has 0 N–H and O–H groups in total. The number of benzene rings is 2. The van der Waals surface area contributed by atoms with Gasteiger partial charge in [-0.15, -0.1) is 0 Å². The Morgan fingerprint density at radius 3 is 2.30 bits per heavy atom. The van der Waals surface area contributed by atoms with Crippen LogP contribution in [0.1, 0.15) is 12.0 Å². The van der Waals surface area contributed by atoms with E-state index in [-0.39, 0.29) is 12.4 Å². The van der Waals surface area contributed by atoms with Gasteiger partial charge in [0.25, 0.3) is 0 Å². The van der Waals surface area contributed by atoms with Crippen molar-refractivity contribution in [3.8, 4) is 11.5 Å². The number of ether oxygens (including phenoxy) is 2. The highest BCUT2D eigenvalue weighted by molar-refractivity contribution is 5.72. The summed E-state index contributed by atoms with van der Waals surface area (Å²) in [6.45, 7) is 0. The first kappa shape index (κ1) is 13.9. The third kappa shape index (κ3) is 4.28. The molecule has 2 aromatic rings. The van der Waals surface area contributed by atoms with Gasteiger partial charge in [-0.1, -0.05) is 42.5 Å². The van der Waals surface area contributed by atoms with Crippen molar-refractivity contribution in [3.05, 3.63) is 66.2 Å². The van der Waals surface area contributed by atoms with Crippen LogP contribution in [0.4, 0.5) is 0 Å². The molecule has 2 rings (SSSR count). The first-order chi connectivity index (χ1) is 9.78. The number of carbonyl (C=O) groups is 1. The van der Waals surface area contributed by atoms with Crippen LogP contribution in [0.5, 0.6) is 11.5 Å². The van der Waals surface area contributed by atoms with E-state index in [1.54, 1.807) is 6.08 Å². The Kier molecular flexibility index (Phi) is 4.95. The van der Waals surface area contributed by atoms with Gasteiger partial charge in [-0.3, -0.25) is 4.79 Å². The summed E-state index contributed by atoms with van der Waals surface area (Å²) in [7, 11) is 1.38. The van der Waals surface area contributed by atoms with Crippen molar-refractivity contribution in [3.63, 3.8) is 0 Å². The van der Waals surface area contributed by atoms with E-state index in [1.165, 1.54) is 7.11 Å². The Morgan fingerprint density at radius 2 is 1.65 bits per heavy atom. The summed E-state index contributed by atoms with van der Waals surface area (Å²) in [6.07, 6.45) is 3.93. The van der Waals surface area contributed by atoms with Crippen molar-refractivity contribution in [2.75, 3.05) is 7.11 Å². The van der Waals surface area contributed by atoms with Gasteiger partial charge >= 0.3 is 5.97 Å². The minimum Gasteiger partial charge on any atom is -0.469 e. The molecule has 2 aromatic carbocycles. The highest BCUT2D eigenvalue weighted by Crippen LogP contribution is 2.21. The minimum atomic E-state index is -0.245. The molecule has 0 fully saturated rings. The smallest absolute Gasteiger partial charge is 0.309 e. The summed E-state index contributed by atoms with van der Waals surface area (Å²) in [6, 6.07) is 17.3. The summed E-state index contributed by atoms with van der Waals surface area (Å²) in [4.78, 5) is 11.0. The molecule has 0 radical (unpaired) electrons. The fourth-order valence-electron chi connectivity index (χ4n) is 1.65. The Hall–Kier alpha value is -2.55. The van der Waals surface area contributed by atoms with E-state index in [4.69, 9.17) is 4.74 Å². The van der Waals surface area contributed by atoms with Crippen LogP contribution in [0.15, 0.2) is 60.7 Å². The highest BCUT2D eigenvalue weighted by Gasteiger charge is 1.97. The molecule has 0 unspecified atom stereocenters. The second-order valence-electron chi connectivity index (χ2n) is 4.17. The van der Waals surface area contributed by atoms with E-state index in [2.05, 4.69) is 4.74 Å². The maximum Gasteiger partial charge on any atom is 0.309 e.